The molecule has 4 rings (SSSR count). The van der Waals surface area contributed by atoms with Gasteiger partial charge in [0.2, 0.25) is 0 Å². The van der Waals surface area contributed by atoms with Crippen LogP contribution in [0.25, 0.3) is 0 Å². The number of anilines is 1. The molecule has 0 bridgehead atoms. The number of nitrogens with zero attached hydrogens (tertiary/aromatic N) is 1. The van der Waals surface area contributed by atoms with Crippen molar-refractivity contribution < 1.29 is 0 Å². The minimum atomic E-state index is 0.0406. The first-order valence-corrected chi connectivity index (χ1v) is 8.71. The topological polar surface area (TPSA) is 15.3 Å². The van der Waals surface area contributed by atoms with Gasteiger partial charge in [0, 0.05) is 18.2 Å². The van der Waals surface area contributed by atoms with E-state index in [1.54, 1.807) is 0 Å². The molecule has 0 saturated carbocycles. The first-order chi connectivity index (χ1) is 11.1. The second kappa shape index (κ2) is 5.10. The van der Waals surface area contributed by atoms with E-state index in [-0.39, 0.29) is 11.1 Å². The molecule has 1 saturated heterocycles. The highest BCUT2D eigenvalue weighted by atomic mass is 15.4. The molecule has 0 aliphatic carbocycles. The van der Waals surface area contributed by atoms with Crippen molar-refractivity contribution in [3.63, 3.8) is 0 Å². The van der Waals surface area contributed by atoms with Gasteiger partial charge in [-0.25, -0.2) is 0 Å². The van der Waals surface area contributed by atoms with E-state index in [9.17, 15) is 0 Å². The lowest BCUT2D eigenvalue weighted by molar-refractivity contribution is 0.247. The lowest BCUT2D eigenvalue weighted by Crippen LogP contribution is -2.60. The highest BCUT2D eigenvalue weighted by Gasteiger charge is 2.60. The Morgan fingerprint density at radius 1 is 1.13 bits per heavy atom. The van der Waals surface area contributed by atoms with Gasteiger partial charge in [-0.3, -0.25) is 5.32 Å². The van der Waals surface area contributed by atoms with Crippen LogP contribution in [-0.4, -0.2) is 19.3 Å². The van der Waals surface area contributed by atoms with Crippen LogP contribution in [0, 0.1) is 6.92 Å². The summed E-state index contributed by atoms with van der Waals surface area (Å²) in [5.41, 5.74) is 5.95. The molecule has 0 aromatic heterocycles. The maximum Gasteiger partial charge on any atom is 0.100 e. The molecule has 120 valence electrons. The molecule has 1 fully saturated rings. The average Bonchev–Trinajstić information content (AvgIpc) is 2.99. The summed E-state index contributed by atoms with van der Waals surface area (Å²) in [6.07, 6.45) is 3.46. The third-order valence-electron chi connectivity index (χ3n) is 6.25. The van der Waals surface area contributed by atoms with Gasteiger partial charge in [-0.15, -0.1) is 0 Å². The molecule has 0 radical (unpaired) electrons. The normalized spacial score (nSPS) is 28.7. The molecule has 2 aromatic carbocycles. The fourth-order valence-electron chi connectivity index (χ4n) is 4.86. The summed E-state index contributed by atoms with van der Waals surface area (Å²) >= 11 is 0. The van der Waals surface area contributed by atoms with E-state index in [2.05, 4.69) is 79.6 Å². The first kappa shape index (κ1) is 14.8. The van der Waals surface area contributed by atoms with E-state index >= 15 is 0 Å². The number of hydrogen-bond acceptors (Lipinski definition) is 2. The smallest absolute Gasteiger partial charge is 0.100 e. The SMILES string of the molecule is Cc1ccc2c(c1)[C@]1(C)CCN[C@]1(CCc1ccccc1)N2C. The van der Waals surface area contributed by atoms with Crippen molar-refractivity contribution in [1.82, 2.24) is 5.32 Å². The number of benzene rings is 2. The van der Waals surface area contributed by atoms with Crippen molar-refractivity contribution >= 4 is 5.69 Å². The number of aryl methyl sites for hydroxylation is 2. The summed E-state index contributed by atoms with van der Waals surface area (Å²) in [4.78, 5) is 2.51. The predicted octanol–water partition coefficient (Wildman–Crippen LogP) is 4.02. The Balaban J connectivity index is 1.72. The van der Waals surface area contributed by atoms with Gasteiger partial charge in [0.1, 0.15) is 5.66 Å². The summed E-state index contributed by atoms with van der Waals surface area (Å²) in [6.45, 7) is 5.76. The number of hydrogen-bond donors (Lipinski definition) is 1. The Kier molecular flexibility index (Phi) is 3.28. The Morgan fingerprint density at radius 3 is 2.70 bits per heavy atom. The Labute approximate surface area is 139 Å². The molecule has 2 aromatic rings. The van der Waals surface area contributed by atoms with Crippen LogP contribution in [0.15, 0.2) is 48.5 Å². The quantitative estimate of drug-likeness (QED) is 0.921. The third kappa shape index (κ3) is 1.98. The van der Waals surface area contributed by atoms with Gasteiger partial charge in [0.05, 0.1) is 0 Å². The van der Waals surface area contributed by atoms with Gasteiger partial charge < -0.3 is 4.90 Å². The molecule has 2 heterocycles. The van der Waals surface area contributed by atoms with Gasteiger partial charge >= 0.3 is 0 Å². The maximum absolute atomic E-state index is 3.88. The van der Waals surface area contributed by atoms with Gasteiger partial charge in [0.15, 0.2) is 0 Å². The van der Waals surface area contributed by atoms with Gasteiger partial charge in [-0.05, 0) is 49.9 Å². The van der Waals surface area contributed by atoms with Crippen LogP contribution in [-0.2, 0) is 11.8 Å². The van der Waals surface area contributed by atoms with Crippen molar-refractivity contribution in [2.75, 3.05) is 18.5 Å². The van der Waals surface area contributed by atoms with Crippen LogP contribution in [0.5, 0.6) is 0 Å². The van der Waals surface area contributed by atoms with E-state index in [4.69, 9.17) is 0 Å². The Bertz CT molecular complexity index is 724. The molecule has 2 aliphatic heterocycles. The number of likely N-dealkylation sites (N-methyl/N-ethyl adjacent to an activating group) is 1. The fraction of sp³-hybridized carbons (Fsp3) is 0.429. The molecule has 23 heavy (non-hydrogen) atoms. The molecule has 2 heteroatoms. The minimum Gasteiger partial charge on any atom is -0.355 e. The Hall–Kier alpha value is -1.80. The second-order valence-corrected chi connectivity index (χ2v) is 7.43. The predicted molar refractivity (Wildman–Crippen MR) is 97.0 cm³/mol. The second-order valence-electron chi connectivity index (χ2n) is 7.43. The van der Waals surface area contributed by atoms with E-state index in [0.717, 1.165) is 19.4 Å². The maximum atomic E-state index is 3.88. The van der Waals surface area contributed by atoms with Crippen molar-refractivity contribution in [1.29, 1.82) is 0 Å². The molecule has 0 unspecified atom stereocenters. The summed E-state index contributed by atoms with van der Waals surface area (Å²) in [6, 6.07) is 17.8. The van der Waals surface area contributed by atoms with Gasteiger partial charge in [-0.1, -0.05) is 55.0 Å². The summed E-state index contributed by atoms with van der Waals surface area (Å²) in [7, 11) is 2.27. The van der Waals surface area contributed by atoms with Crippen LogP contribution in [0.3, 0.4) is 0 Å². The van der Waals surface area contributed by atoms with Crippen molar-refractivity contribution in [3.8, 4) is 0 Å². The highest BCUT2D eigenvalue weighted by Crippen LogP contribution is 2.56. The third-order valence-corrected chi connectivity index (χ3v) is 6.25. The Morgan fingerprint density at radius 2 is 1.91 bits per heavy atom. The van der Waals surface area contributed by atoms with Crippen molar-refractivity contribution in [3.05, 3.63) is 65.2 Å². The lowest BCUT2D eigenvalue weighted by Gasteiger charge is -2.43. The zero-order valence-corrected chi connectivity index (χ0v) is 14.4. The number of rotatable bonds is 3. The van der Waals surface area contributed by atoms with E-state index in [1.165, 1.54) is 28.8 Å². The standard InChI is InChI=1S/C21H26N2/c1-16-9-10-19-18(15-16)20(2)13-14-22-21(20,23(19)3)12-11-17-7-5-4-6-8-17/h4-10,15,22H,11-14H2,1-3H3/t20-,21+/m0/s1. The molecule has 2 aliphatic rings. The fourth-order valence-corrected chi connectivity index (χ4v) is 4.86. The van der Waals surface area contributed by atoms with Crippen LogP contribution in [0.4, 0.5) is 5.69 Å². The van der Waals surface area contributed by atoms with E-state index in [1.807, 2.05) is 0 Å². The molecule has 1 N–H and O–H groups in total. The summed E-state index contributed by atoms with van der Waals surface area (Å²) in [5.74, 6) is 0. The number of fused-ring (bicyclic) bond motifs is 3. The number of nitrogens with one attached hydrogen (secondary N) is 1. The van der Waals surface area contributed by atoms with Crippen molar-refractivity contribution in [2.45, 2.75) is 44.2 Å². The molecule has 0 amide bonds. The lowest BCUT2D eigenvalue weighted by atomic mass is 9.72. The van der Waals surface area contributed by atoms with E-state index in [0.29, 0.717) is 0 Å². The highest BCUT2D eigenvalue weighted by molar-refractivity contribution is 5.67. The zero-order chi connectivity index (χ0) is 16.1. The molecular formula is C21H26N2. The zero-order valence-electron chi connectivity index (χ0n) is 14.4. The molecule has 2 nitrogen and oxygen atoms in total. The van der Waals surface area contributed by atoms with Gasteiger partial charge in [-0.2, -0.15) is 0 Å². The van der Waals surface area contributed by atoms with Gasteiger partial charge in [0.25, 0.3) is 0 Å². The van der Waals surface area contributed by atoms with Crippen LogP contribution >= 0.6 is 0 Å². The van der Waals surface area contributed by atoms with E-state index < -0.39 is 0 Å². The summed E-state index contributed by atoms with van der Waals surface area (Å²) in [5, 5.41) is 3.88. The largest absolute Gasteiger partial charge is 0.355 e. The average molecular weight is 306 g/mol. The van der Waals surface area contributed by atoms with Crippen molar-refractivity contribution in [2.24, 2.45) is 0 Å². The van der Waals surface area contributed by atoms with Crippen LogP contribution in [0.2, 0.25) is 0 Å². The first-order valence-electron chi connectivity index (χ1n) is 8.71. The van der Waals surface area contributed by atoms with Crippen LogP contribution in [0.1, 0.15) is 36.5 Å². The minimum absolute atomic E-state index is 0.0406. The molecule has 0 spiro atoms. The summed E-state index contributed by atoms with van der Waals surface area (Å²) < 4.78 is 0. The molecule has 2 atom stereocenters. The van der Waals surface area contributed by atoms with Crippen LogP contribution < -0.4 is 10.2 Å². The molecular weight excluding hydrogens is 280 g/mol. The monoisotopic (exact) mass is 306 g/mol.